The highest BCUT2D eigenvalue weighted by Gasteiger charge is 2.67. The summed E-state index contributed by atoms with van der Waals surface area (Å²) in [5.41, 5.74) is 0.483. The van der Waals surface area contributed by atoms with E-state index in [2.05, 4.69) is 34.7 Å². The van der Waals surface area contributed by atoms with Gasteiger partial charge >= 0.3 is 0 Å². The summed E-state index contributed by atoms with van der Waals surface area (Å²) in [6.45, 7) is 7.26. The molecular formula is C32H43N3O6S. The van der Waals surface area contributed by atoms with Crippen molar-refractivity contribution < 1.29 is 26.9 Å². The van der Waals surface area contributed by atoms with Crippen LogP contribution in [0.1, 0.15) is 58.8 Å². The Hall–Kier alpha value is -2.56. The van der Waals surface area contributed by atoms with Gasteiger partial charge in [-0.2, -0.15) is 13.4 Å². The zero-order valence-corrected chi connectivity index (χ0v) is 26.0. The number of aromatic nitrogens is 1. The Morgan fingerprint density at radius 3 is 2.57 bits per heavy atom. The average molecular weight is 598 g/mol. The van der Waals surface area contributed by atoms with Gasteiger partial charge in [0.1, 0.15) is 5.82 Å². The van der Waals surface area contributed by atoms with Crippen molar-refractivity contribution in [3.05, 3.63) is 41.5 Å². The molecule has 0 aromatic carbocycles. The fourth-order valence-corrected chi connectivity index (χ4v) is 9.80. The molecule has 10 heteroatoms. The second-order valence-electron chi connectivity index (χ2n) is 13.4. The zero-order valence-electron chi connectivity index (χ0n) is 25.2. The number of rotatable bonds is 7. The van der Waals surface area contributed by atoms with Crippen molar-refractivity contribution in [2.24, 2.45) is 22.7 Å². The Morgan fingerprint density at radius 2 is 1.86 bits per heavy atom. The monoisotopic (exact) mass is 597 g/mol. The summed E-state index contributed by atoms with van der Waals surface area (Å²) in [5.74, 6) is 1.90. The van der Waals surface area contributed by atoms with Crippen molar-refractivity contribution in [3.63, 3.8) is 0 Å². The number of ether oxygens (including phenoxy) is 1. The number of ketones is 2. The Balaban J connectivity index is 1.24. The fourth-order valence-electron chi connectivity index (χ4n) is 8.91. The minimum Gasteiger partial charge on any atom is -0.481 e. The van der Waals surface area contributed by atoms with Crippen LogP contribution in [-0.2, 0) is 23.9 Å². The van der Waals surface area contributed by atoms with Gasteiger partial charge in [-0.05, 0) is 62.5 Å². The van der Waals surface area contributed by atoms with E-state index in [1.165, 1.54) is 11.1 Å². The molecule has 5 aliphatic rings. The molecule has 9 nitrogen and oxygen atoms in total. The van der Waals surface area contributed by atoms with Crippen LogP contribution in [0.25, 0.3) is 0 Å². The van der Waals surface area contributed by atoms with Gasteiger partial charge in [0.25, 0.3) is 10.1 Å². The molecule has 5 atom stereocenters. The van der Waals surface area contributed by atoms with Gasteiger partial charge in [-0.15, -0.1) is 0 Å². The molecule has 2 heterocycles. The topological polar surface area (TPSA) is 106 Å². The molecule has 1 aliphatic heterocycles. The second kappa shape index (κ2) is 10.6. The quantitative estimate of drug-likeness (QED) is 0.341. The van der Waals surface area contributed by atoms with Crippen molar-refractivity contribution in [2.75, 3.05) is 51.0 Å². The van der Waals surface area contributed by atoms with E-state index in [9.17, 15) is 18.0 Å². The van der Waals surface area contributed by atoms with Crippen LogP contribution in [-0.4, -0.2) is 81.6 Å². The smallest absolute Gasteiger partial charge is 0.265 e. The van der Waals surface area contributed by atoms with Gasteiger partial charge in [0, 0.05) is 49.5 Å². The molecule has 1 saturated heterocycles. The molecule has 0 bridgehead atoms. The van der Waals surface area contributed by atoms with E-state index < -0.39 is 21.1 Å². The number of carbonyl (C=O) groups is 2. The lowest BCUT2D eigenvalue weighted by Gasteiger charge is -2.55. The lowest BCUT2D eigenvalue weighted by molar-refractivity contribution is -0.148. The molecular weight excluding hydrogens is 554 g/mol. The van der Waals surface area contributed by atoms with Crippen molar-refractivity contribution in [2.45, 2.75) is 64.4 Å². The van der Waals surface area contributed by atoms with E-state index in [0.29, 0.717) is 51.3 Å². The standard InChI is InChI=1S/C32H43N3O6S/c1-30-13-10-23(36)20-22(30)8-9-24-25(30)11-14-31(2)26(24)12-15-32(31,41-42(4,38)39)27(37)21-34-16-18-35(19-17-34)28-6-5-7-29(33-28)40-3/h5-7,11,20,24,26H,8-10,12-19,21H2,1-4H3/t24-,26+,30+,31+,32+/m1/s1. The number of carbonyl (C=O) groups excluding carboxylic acids is 2. The third-order valence-corrected chi connectivity index (χ3v) is 11.8. The highest BCUT2D eigenvalue weighted by Crippen LogP contribution is 2.66. The number of piperazine rings is 1. The Kier molecular flexibility index (Phi) is 7.42. The molecule has 3 fully saturated rings. The lowest BCUT2D eigenvalue weighted by Crippen LogP contribution is -2.60. The summed E-state index contributed by atoms with van der Waals surface area (Å²) in [4.78, 5) is 35.4. The molecule has 42 heavy (non-hydrogen) atoms. The van der Waals surface area contributed by atoms with E-state index in [1.807, 2.05) is 24.3 Å². The third-order valence-electron chi connectivity index (χ3n) is 11.2. The second-order valence-corrected chi connectivity index (χ2v) is 15.0. The van der Waals surface area contributed by atoms with E-state index in [0.717, 1.165) is 37.8 Å². The molecule has 2 saturated carbocycles. The highest BCUT2D eigenvalue weighted by molar-refractivity contribution is 7.86. The molecule has 0 spiro atoms. The zero-order chi connectivity index (χ0) is 29.9. The predicted octanol–water partition coefficient (Wildman–Crippen LogP) is 3.95. The number of hydrogen-bond donors (Lipinski definition) is 0. The van der Waals surface area contributed by atoms with Gasteiger partial charge in [0.15, 0.2) is 17.2 Å². The first kappa shape index (κ1) is 29.5. The fraction of sp³-hybridized carbons (Fsp3) is 0.656. The van der Waals surface area contributed by atoms with E-state index in [4.69, 9.17) is 8.92 Å². The van der Waals surface area contributed by atoms with Crippen LogP contribution in [0.5, 0.6) is 5.88 Å². The lowest BCUT2D eigenvalue weighted by atomic mass is 9.50. The van der Waals surface area contributed by atoms with Crippen LogP contribution in [0.15, 0.2) is 41.5 Å². The van der Waals surface area contributed by atoms with Crippen LogP contribution in [0.3, 0.4) is 0 Å². The number of fused-ring (bicyclic) bond motifs is 5. The molecule has 0 radical (unpaired) electrons. The summed E-state index contributed by atoms with van der Waals surface area (Å²) >= 11 is 0. The summed E-state index contributed by atoms with van der Waals surface area (Å²) in [5, 5.41) is 0. The number of methoxy groups -OCH3 is 1. The predicted molar refractivity (Wildman–Crippen MR) is 160 cm³/mol. The minimum atomic E-state index is -3.89. The van der Waals surface area contributed by atoms with Gasteiger partial charge < -0.3 is 9.64 Å². The van der Waals surface area contributed by atoms with Gasteiger partial charge in [0.05, 0.1) is 19.9 Å². The van der Waals surface area contributed by atoms with E-state index >= 15 is 0 Å². The van der Waals surface area contributed by atoms with Gasteiger partial charge in [0.2, 0.25) is 5.88 Å². The van der Waals surface area contributed by atoms with Crippen LogP contribution in [0.4, 0.5) is 5.82 Å². The first-order valence-electron chi connectivity index (χ1n) is 15.3. The van der Waals surface area contributed by atoms with E-state index in [-0.39, 0.29) is 35.4 Å². The van der Waals surface area contributed by atoms with Crippen molar-refractivity contribution >= 4 is 27.5 Å². The SMILES string of the molecule is COc1cccc(N2CCN(CC(=O)[C@@]3(OS(C)(=O)=O)CC[C@H]4[C@@H]5CCC6=CC(=O)CC[C@]6(C)C5=CC[C@@]43C)CC2)n1. The number of allylic oxidation sites excluding steroid dienone is 4. The number of hydrogen-bond acceptors (Lipinski definition) is 9. The van der Waals surface area contributed by atoms with Crippen LogP contribution in [0, 0.1) is 22.7 Å². The largest absolute Gasteiger partial charge is 0.481 e. The third kappa shape index (κ3) is 4.83. The molecule has 6 rings (SSSR count). The summed E-state index contributed by atoms with van der Waals surface area (Å²) in [6.07, 6.45) is 10.2. The Labute approximate surface area is 249 Å². The van der Waals surface area contributed by atoms with Crippen LogP contribution < -0.4 is 9.64 Å². The van der Waals surface area contributed by atoms with Gasteiger partial charge in [-0.25, -0.2) is 0 Å². The van der Waals surface area contributed by atoms with Crippen LogP contribution >= 0.6 is 0 Å². The first-order valence-corrected chi connectivity index (χ1v) is 17.1. The average Bonchev–Trinajstić information content (AvgIpc) is 3.25. The molecule has 0 N–H and O–H groups in total. The highest BCUT2D eigenvalue weighted by atomic mass is 32.2. The van der Waals surface area contributed by atoms with Crippen molar-refractivity contribution in [1.82, 2.24) is 9.88 Å². The molecule has 0 amide bonds. The van der Waals surface area contributed by atoms with Gasteiger partial charge in [-0.1, -0.05) is 37.1 Å². The van der Waals surface area contributed by atoms with Crippen LogP contribution in [0.2, 0.25) is 0 Å². The molecule has 4 aliphatic carbocycles. The minimum absolute atomic E-state index is 0.123. The maximum atomic E-state index is 14.4. The normalized spacial score (nSPS) is 35.0. The maximum absolute atomic E-state index is 14.4. The number of pyridine rings is 1. The molecule has 1 aromatic heterocycles. The number of anilines is 1. The van der Waals surface area contributed by atoms with Gasteiger partial charge in [-0.3, -0.25) is 18.7 Å². The Bertz CT molecular complexity index is 1450. The van der Waals surface area contributed by atoms with Crippen molar-refractivity contribution in [1.29, 1.82) is 0 Å². The summed E-state index contributed by atoms with van der Waals surface area (Å²) in [7, 11) is -2.29. The first-order chi connectivity index (χ1) is 19.9. The van der Waals surface area contributed by atoms with E-state index in [1.54, 1.807) is 7.11 Å². The van der Waals surface area contributed by atoms with Crippen molar-refractivity contribution in [3.8, 4) is 5.88 Å². The Morgan fingerprint density at radius 1 is 1.10 bits per heavy atom. The molecule has 1 aromatic rings. The molecule has 0 unspecified atom stereocenters. The maximum Gasteiger partial charge on any atom is 0.265 e. The number of Topliss-reactive ketones (excluding diaryl/α,β-unsaturated/α-hetero) is 1. The molecule has 228 valence electrons. The summed E-state index contributed by atoms with van der Waals surface area (Å²) < 4.78 is 36.7. The number of nitrogens with zero attached hydrogens (tertiary/aromatic N) is 3. The summed E-state index contributed by atoms with van der Waals surface area (Å²) in [6, 6.07) is 5.69.